The Morgan fingerprint density at radius 3 is 2.41 bits per heavy atom. The minimum Gasteiger partial charge on any atom is -0.496 e. The maximum atomic E-state index is 12.5. The molecule has 8 heteroatoms. The van der Waals surface area contributed by atoms with E-state index in [9.17, 15) is 13.2 Å². The molecule has 0 heterocycles. The lowest BCUT2D eigenvalue weighted by molar-refractivity contribution is 0.0960. The topological polar surface area (TPSA) is 93.7 Å². The molecule has 0 radical (unpaired) electrons. The van der Waals surface area contributed by atoms with Gasteiger partial charge in [0, 0.05) is 13.6 Å². The van der Waals surface area contributed by atoms with E-state index in [0.29, 0.717) is 11.5 Å². The summed E-state index contributed by atoms with van der Waals surface area (Å²) in [6, 6.07) is 11.8. The molecule has 2 aromatic rings. The smallest absolute Gasteiger partial charge is 0.254 e. The van der Waals surface area contributed by atoms with Gasteiger partial charge in [-0.25, -0.2) is 13.1 Å². The molecule has 1 amide bonds. The summed E-state index contributed by atoms with van der Waals surface area (Å²) in [7, 11) is -0.901. The molecule has 0 aliphatic carbocycles. The van der Waals surface area contributed by atoms with Crippen LogP contribution in [0.15, 0.2) is 47.4 Å². The highest BCUT2D eigenvalue weighted by molar-refractivity contribution is 7.89. The summed E-state index contributed by atoms with van der Waals surface area (Å²) in [5.41, 5.74) is 1.35. The number of amides is 1. The van der Waals surface area contributed by atoms with Gasteiger partial charge in [0.15, 0.2) is 0 Å². The summed E-state index contributed by atoms with van der Waals surface area (Å²) in [4.78, 5) is 11.9. The van der Waals surface area contributed by atoms with Crippen LogP contribution in [0.5, 0.6) is 11.5 Å². The highest BCUT2D eigenvalue weighted by Crippen LogP contribution is 2.22. The van der Waals surface area contributed by atoms with Crippen LogP contribution in [0, 0.1) is 0 Å². The van der Waals surface area contributed by atoms with E-state index in [-0.39, 0.29) is 23.6 Å². The number of carbonyl (C=O) groups is 1. The van der Waals surface area contributed by atoms with Gasteiger partial charge in [-0.2, -0.15) is 0 Å². The Balaban J connectivity index is 2.00. The minimum atomic E-state index is -3.78. The summed E-state index contributed by atoms with van der Waals surface area (Å²) < 4.78 is 38.0. The van der Waals surface area contributed by atoms with Crippen molar-refractivity contribution in [3.63, 3.8) is 0 Å². The number of ether oxygens (including phenoxy) is 2. The molecule has 0 spiro atoms. The molecule has 146 valence electrons. The van der Waals surface area contributed by atoms with Crippen molar-refractivity contribution in [1.82, 2.24) is 10.0 Å². The second kappa shape index (κ2) is 9.38. The first-order valence-electron chi connectivity index (χ1n) is 8.52. The fourth-order valence-corrected chi connectivity index (χ4v) is 3.45. The van der Waals surface area contributed by atoms with Crippen molar-refractivity contribution in [3.8, 4) is 11.5 Å². The van der Waals surface area contributed by atoms with Gasteiger partial charge in [-0.3, -0.25) is 4.79 Å². The van der Waals surface area contributed by atoms with E-state index in [1.54, 1.807) is 0 Å². The van der Waals surface area contributed by atoms with Gasteiger partial charge in [0.25, 0.3) is 5.91 Å². The average Bonchev–Trinajstić information content (AvgIpc) is 2.70. The average molecular weight is 392 g/mol. The van der Waals surface area contributed by atoms with Gasteiger partial charge in [-0.1, -0.05) is 19.1 Å². The summed E-state index contributed by atoms with van der Waals surface area (Å²) in [5, 5.41) is 2.46. The first-order chi connectivity index (χ1) is 12.9. The summed E-state index contributed by atoms with van der Waals surface area (Å²) in [5.74, 6) is 0.549. The van der Waals surface area contributed by atoms with Crippen LogP contribution in [0.25, 0.3) is 0 Å². The molecular weight excluding hydrogens is 368 g/mol. The zero-order valence-electron chi connectivity index (χ0n) is 15.6. The predicted molar refractivity (Wildman–Crippen MR) is 103 cm³/mol. The number of hydrogen-bond donors (Lipinski definition) is 2. The Labute approximate surface area is 159 Å². The Hall–Kier alpha value is -2.58. The molecule has 2 N–H and O–H groups in total. The van der Waals surface area contributed by atoms with E-state index in [1.807, 2.05) is 24.3 Å². The minimum absolute atomic E-state index is 0.0193. The van der Waals surface area contributed by atoms with Gasteiger partial charge in [-0.15, -0.1) is 0 Å². The summed E-state index contributed by atoms with van der Waals surface area (Å²) in [6.45, 7) is 2.35. The van der Waals surface area contributed by atoms with Crippen molar-refractivity contribution < 1.29 is 22.7 Å². The Bertz CT molecular complexity index is 879. The SMILES string of the molecule is CCc1ccc(OCCNS(=O)(=O)c2ccc(OC)c(C(=O)NC)c2)cc1. The lowest BCUT2D eigenvalue weighted by Gasteiger charge is -2.12. The lowest BCUT2D eigenvalue weighted by atomic mass is 10.2. The van der Waals surface area contributed by atoms with Crippen LogP contribution in [0.2, 0.25) is 0 Å². The van der Waals surface area contributed by atoms with E-state index in [4.69, 9.17) is 9.47 Å². The molecule has 0 aliphatic rings. The molecule has 0 fully saturated rings. The number of sulfonamides is 1. The molecule has 27 heavy (non-hydrogen) atoms. The second-order valence-corrected chi connectivity index (χ2v) is 7.45. The third-order valence-electron chi connectivity index (χ3n) is 3.95. The van der Waals surface area contributed by atoms with Gasteiger partial charge in [0.05, 0.1) is 17.6 Å². The van der Waals surface area contributed by atoms with Crippen LogP contribution in [0.4, 0.5) is 0 Å². The van der Waals surface area contributed by atoms with Crippen LogP contribution >= 0.6 is 0 Å². The van der Waals surface area contributed by atoms with Crippen LogP contribution in [-0.2, 0) is 16.4 Å². The number of aryl methyl sites for hydroxylation is 1. The van der Waals surface area contributed by atoms with Gasteiger partial charge >= 0.3 is 0 Å². The Morgan fingerprint density at radius 2 is 1.81 bits per heavy atom. The van der Waals surface area contributed by atoms with Gasteiger partial charge in [-0.05, 0) is 42.3 Å². The lowest BCUT2D eigenvalue weighted by Crippen LogP contribution is -2.28. The Morgan fingerprint density at radius 1 is 1.11 bits per heavy atom. The highest BCUT2D eigenvalue weighted by atomic mass is 32.2. The van der Waals surface area contributed by atoms with Crippen molar-refractivity contribution in [2.75, 3.05) is 27.3 Å². The molecule has 0 aliphatic heterocycles. The summed E-state index contributed by atoms with van der Waals surface area (Å²) >= 11 is 0. The first kappa shape index (κ1) is 20.7. The van der Waals surface area contributed by atoms with Crippen molar-refractivity contribution in [2.45, 2.75) is 18.2 Å². The normalized spacial score (nSPS) is 11.1. The molecule has 2 aromatic carbocycles. The molecule has 0 bridgehead atoms. The van der Waals surface area contributed by atoms with Gasteiger partial charge < -0.3 is 14.8 Å². The molecule has 0 aromatic heterocycles. The predicted octanol–water partition coefficient (Wildman–Crippen LogP) is 1.97. The third-order valence-corrected chi connectivity index (χ3v) is 5.41. The van der Waals surface area contributed by atoms with Gasteiger partial charge in [0.1, 0.15) is 18.1 Å². The molecular formula is C19H24N2O5S. The molecule has 0 saturated heterocycles. The van der Waals surface area contributed by atoms with Crippen molar-refractivity contribution >= 4 is 15.9 Å². The quantitative estimate of drug-likeness (QED) is 0.637. The number of benzene rings is 2. The van der Waals surface area contributed by atoms with E-state index in [1.165, 1.54) is 37.9 Å². The molecule has 0 atom stereocenters. The maximum Gasteiger partial charge on any atom is 0.254 e. The maximum absolute atomic E-state index is 12.5. The van der Waals surface area contributed by atoms with Crippen molar-refractivity contribution in [2.24, 2.45) is 0 Å². The third kappa shape index (κ3) is 5.45. The van der Waals surface area contributed by atoms with Crippen LogP contribution < -0.4 is 19.5 Å². The van der Waals surface area contributed by atoms with Gasteiger partial charge in [0.2, 0.25) is 10.0 Å². The standard InChI is InChI=1S/C19H24N2O5S/c1-4-14-5-7-15(8-6-14)26-12-11-21-27(23,24)16-9-10-18(25-3)17(13-16)19(22)20-2/h5-10,13,21H,4,11-12H2,1-3H3,(H,20,22). The zero-order valence-corrected chi connectivity index (χ0v) is 16.4. The van der Waals surface area contributed by atoms with Crippen LogP contribution in [0.3, 0.4) is 0 Å². The zero-order chi connectivity index (χ0) is 19.9. The first-order valence-corrected chi connectivity index (χ1v) is 10.0. The number of carbonyl (C=O) groups excluding carboxylic acids is 1. The highest BCUT2D eigenvalue weighted by Gasteiger charge is 2.19. The number of hydrogen-bond acceptors (Lipinski definition) is 5. The molecule has 0 unspecified atom stereocenters. The van der Waals surface area contributed by atoms with E-state index in [2.05, 4.69) is 17.0 Å². The molecule has 0 saturated carbocycles. The molecule has 2 rings (SSSR count). The Kier molecular flexibility index (Phi) is 7.20. The second-order valence-electron chi connectivity index (χ2n) is 5.68. The van der Waals surface area contributed by atoms with E-state index in [0.717, 1.165) is 6.42 Å². The monoisotopic (exact) mass is 392 g/mol. The largest absolute Gasteiger partial charge is 0.496 e. The van der Waals surface area contributed by atoms with E-state index >= 15 is 0 Å². The molecule has 7 nitrogen and oxygen atoms in total. The van der Waals surface area contributed by atoms with E-state index < -0.39 is 15.9 Å². The van der Waals surface area contributed by atoms with Crippen LogP contribution in [-0.4, -0.2) is 41.6 Å². The van der Waals surface area contributed by atoms with Crippen molar-refractivity contribution in [3.05, 3.63) is 53.6 Å². The number of nitrogens with one attached hydrogen (secondary N) is 2. The number of methoxy groups -OCH3 is 1. The number of rotatable bonds is 9. The fourth-order valence-electron chi connectivity index (χ4n) is 2.42. The van der Waals surface area contributed by atoms with Crippen LogP contribution in [0.1, 0.15) is 22.8 Å². The summed E-state index contributed by atoms with van der Waals surface area (Å²) in [6.07, 6.45) is 0.944. The fraction of sp³-hybridized carbons (Fsp3) is 0.316. The van der Waals surface area contributed by atoms with Crippen molar-refractivity contribution in [1.29, 1.82) is 0 Å².